The Kier molecular flexibility index (Phi) is 4.75. The normalized spacial score (nSPS) is 13.9. The summed E-state index contributed by atoms with van der Waals surface area (Å²) in [5, 5.41) is 8.40. The van der Waals surface area contributed by atoms with Crippen LogP contribution in [0.25, 0.3) is 0 Å². The van der Waals surface area contributed by atoms with Crippen molar-refractivity contribution in [2.24, 2.45) is 0 Å². The second-order valence-corrected chi connectivity index (χ2v) is 6.04. The number of hydrogen-bond donors (Lipinski definition) is 1. The van der Waals surface area contributed by atoms with E-state index in [1.165, 1.54) is 11.8 Å². The van der Waals surface area contributed by atoms with Crippen molar-refractivity contribution in [3.8, 4) is 0 Å². The molecule has 0 bridgehead atoms. The van der Waals surface area contributed by atoms with E-state index in [0.29, 0.717) is 0 Å². The van der Waals surface area contributed by atoms with Crippen molar-refractivity contribution in [3.63, 3.8) is 0 Å². The molecule has 0 aliphatic rings. The number of carbonyl (C=O) groups excluding carboxylic acids is 1. The minimum atomic E-state index is -1.05. The molecule has 0 aromatic heterocycles. The molecule has 94 valence electrons. The molecule has 0 aliphatic heterocycles. The minimum absolute atomic E-state index is 0.611. The van der Waals surface area contributed by atoms with Crippen LogP contribution >= 0.6 is 0 Å². The molecule has 0 saturated carbocycles. The topological polar surface area (TPSA) is 66.8 Å². The molecule has 0 aromatic rings. The van der Waals surface area contributed by atoms with Gasteiger partial charge in [0, 0.05) is 0 Å². The van der Waals surface area contributed by atoms with Crippen molar-refractivity contribution in [1.29, 1.82) is 0 Å². The third kappa shape index (κ3) is 5.19. The molecule has 17 heavy (non-hydrogen) atoms. The highest BCUT2D eigenvalue weighted by Crippen LogP contribution is 2.16. The molecule has 0 spiro atoms. The summed E-state index contributed by atoms with van der Waals surface area (Å²) in [6.07, 6.45) is -0.611. The summed E-state index contributed by atoms with van der Waals surface area (Å²) in [6, 6.07) is -0.926. The third-order valence-electron chi connectivity index (χ3n) is 2.06. The molecule has 5 nitrogen and oxygen atoms in total. The van der Waals surface area contributed by atoms with Crippen LogP contribution in [-0.2, 0) is 9.53 Å². The molecule has 0 aromatic carbocycles. The average molecular weight is 239 g/mol. The van der Waals surface area contributed by atoms with Crippen molar-refractivity contribution in [3.05, 3.63) is 0 Å². The first-order valence-electron chi connectivity index (χ1n) is 5.61. The Labute approximate surface area is 105 Å². The minimum Gasteiger partial charge on any atom is -0.480 e. The van der Waals surface area contributed by atoms with Gasteiger partial charge in [0.15, 0.2) is 0 Å². The molecule has 0 heterocycles. The van der Waals surface area contributed by atoms with Gasteiger partial charge in [-0.1, -0.05) is 0 Å². The number of ether oxygens (including phenoxy) is 1. The van der Waals surface area contributed by atoms with Crippen LogP contribution < -0.4 is 0 Å². The van der Waals surface area contributed by atoms with Gasteiger partial charge in [-0.05, 0) is 32.9 Å². The molecular weight excluding hydrogens is 219 g/mol. The van der Waals surface area contributed by atoms with Crippen molar-refractivity contribution in [2.45, 2.75) is 44.6 Å². The van der Waals surface area contributed by atoms with Gasteiger partial charge in [0.1, 0.15) is 35.2 Å². The number of carbonyl (C=O) groups is 2. The monoisotopic (exact) mass is 239 g/mol. The Bertz CT molecular complexity index is 308. The van der Waals surface area contributed by atoms with Crippen LogP contribution in [0.2, 0.25) is 0 Å². The smallest absolute Gasteiger partial charge is 0.409 e. The molecule has 1 amide bonds. The highest BCUT2D eigenvalue weighted by Gasteiger charge is 2.36. The van der Waals surface area contributed by atoms with Gasteiger partial charge in [0.25, 0.3) is 0 Å². The molecule has 8 heteroatoms. The van der Waals surface area contributed by atoms with E-state index in [2.05, 4.69) is 0 Å². The number of carboxylic acid groups (broad SMARTS) is 1. The molecule has 0 unspecified atom stereocenters. The second kappa shape index (κ2) is 5.06. The molecule has 0 rings (SSSR count). The molecule has 1 N–H and O–H groups in total. The molecule has 0 saturated heterocycles. The van der Waals surface area contributed by atoms with Crippen molar-refractivity contribution in [1.82, 2.24) is 4.90 Å². The predicted molar refractivity (Wildman–Crippen MR) is 73.5 cm³/mol. The highest BCUT2D eigenvalue weighted by molar-refractivity contribution is 6.59. The van der Waals surface area contributed by atoms with E-state index in [1.807, 2.05) is 0 Å². The number of aliphatic carboxylic acids is 1. The Morgan fingerprint density at radius 1 is 1.24 bits per heavy atom. The lowest BCUT2D eigenvalue weighted by molar-refractivity contribution is -0.142. The summed E-state index contributed by atoms with van der Waals surface area (Å²) < 4.78 is 5.22. The van der Waals surface area contributed by atoms with E-state index >= 15 is 0 Å². The van der Waals surface area contributed by atoms with E-state index in [1.54, 1.807) is 44.3 Å². The van der Waals surface area contributed by atoms with Gasteiger partial charge in [0.05, 0.1) is 0 Å². The van der Waals surface area contributed by atoms with Crippen LogP contribution in [0.5, 0.6) is 0 Å². The lowest BCUT2D eigenvalue weighted by Gasteiger charge is -2.39. The highest BCUT2D eigenvalue weighted by atomic mass is 16.6. The summed E-state index contributed by atoms with van der Waals surface area (Å²) in [4.78, 5) is 24.2. The number of rotatable bonds is 3. The first kappa shape index (κ1) is 15.9. The van der Waals surface area contributed by atoms with Gasteiger partial charge in [-0.3, -0.25) is 0 Å². The number of hydrogen-bond acceptors (Lipinski definition) is 3. The van der Waals surface area contributed by atoms with Gasteiger partial charge < -0.3 is 14.7 Å². The van der Waals surface area contributed by atoms with Crippen LogP contribution in [0.4, 0.5) is 4.79 Å². The standard InChI is InChI=1S/C9H20B3NO4/c1-5(6(14)15)13(9(10,11)12)7(16)17-8(2,3)4/h5H,10-12H2,1-4H3,(H,14,15)/t5-/m0/s1. The maximum atomic E-state index is 12.0. The Morgan fingerprint density at radius 2 is 1.65 bits per heavy atom. The Morgan fingerprint density at radius 3 is 1.88 bits per heavy atom. The van der Waals surface area contributed by atoms with Crippen molar-refractivity contribution in [2.75, 3.05) is 0 Å². The summed E-state index contributed by atoms with van der Waals surface area (Å²) in [5.41, 5.74) is -0.640. The fourth-order valence-electron chi connectivity index (χ4n) is 1.43. The van der Waals surface area contributed by atoms with Gasteiger partial charge in [-0.15, -0.1) is 0 Å². The van der Waals surface area contributed by atoms with Crippen molar-refractivity contribution >= 4 is 35.6 Å². The maximum Gasteiger partial charge on any atom is 0.409 e. The first-order chi connectivity index (χ1) is 7.36. The summed E-state index contributed by atoms with van der Waals surface area (Å²) in [6.45, 7) is 6.71. The Balaban J connectivity index is 5.09. The van der Waals surface area contributed by atoms with Crippen LogP contribution in [0.15, 0.2) is 0 Å². The Hall–Kier alpha value is -1.07. The van der Waals surface area contributed by atoms with Gasteiger partial charge >= 0.3 is 12.1 Å². The zero-order valence-corrected chi connectivity index (χ0v) is 11.7. The van der Waals surface area contributed by atoms with E-state index in [4.69, 9.17) is 9.84 Å². The van der Waals surface area contributed by atoms with E-state index in [0.717, 1.165) is 0 Å². The van der Waals surface area contributed by atoms with Crippen molar-refractivity contribution < 1.29 is 19.4 Å². The van der Waals surface area contributed by atoms with Gasteiger partial charge in [-0.2, -0.15) is 0 Å². The number of nitrogens with zero attached hydrogens (tertiary/aromatic N) is 1. The lowest BCUT2D eigenvalue weighted by atomic mass is 9.48. The lowest BCUT2D eigenvalue weighted by Crippen LogP contribution is -2.60. The summed E-state index contributed by atoms with van der Waals surface area (Å²) in [5.74, 6) is -1.05. The number of amides is 1. The predicted octanol–water partition coefficient (Wildman–Crippen LogP) is -1.79. The van der Waals surface area contributed by atoms with E-state index in [9.17, 15) is 9.59 Å². The average Bonchev–Trinajstić information content (AvgIpc) is 1.96. The SMILES string of the molecule is BC(B)(B)N(C(=O)OC(C)(C)C)[C@@H](C)C(=O)O. The van der Waals surface area contributed by atoms with Crippen LogP contribution in [0, 0.1) is 0 Å². The summed E-state index contributed by atoms with van der Waals surface area (Å²) >= 11 is 0. The molecule has 1 atom stereocenters. The largest absolute Gasteiger partial charge is 0.480 e. The first-order valence-corrected chi connectivity index (χ1v) is 5.61. The second-order valence-electron chi connectivity index (χ2n) is 6.04. The zero-order valence-electron chi connectivity index (χ0n) is 11.7. The van der Waals surface area contributed by atoms with E-state index < -0.39 is 28.9 Å². The third-order valence-corrected chi connectivity index (χ3v) is 2.06. The van der Waals surface area contributed by atoms with Crippen LogP contribution in [0.1, 0.15) is 27.7 Å². The molecular formula is C9H20B3NO4. The molecule has 0 aliphatic carbocycles. The van der Waals surface area contributed by atoms with Gasteiger partial charge in [0.2, 0.25) is 0 Å². The summed E-state index contributed by atoms with van der Waals surface area (Å²) in [7, 11) is 5.32. The molecule has 0 fully saturated rings. The quantitative estimate of drug-likeness (QED) is 0.590. The number of carboxylic acids is 1. The molecule has 0 radical (unpaired) electrons. The maximum absolute atomic E-state index is 12.0. The van der Waals surface area contributed by atoms with Gasteiger partial charge in [-0.25, -0.2) is 9.59 Å². The van der Waals surface area contributed by atoms with Crippen LogP contribution in [0.3, 0.4) is 0 Å². The van der Waals surface area contributed by atoms with Crippen LogP contribution in [-0.4, -0.2) is 62.5 Å². The fraction of sp³-hybridized carbons (Fsp3) is 0.778. The fourth-order valence-corrected chi connectivity index (χ4v) is 1.43. The van der Waals surface area contributed by atoms with E-state index in [-0.39, 0.29) is 0 Å². The zero-order chi connectivity index (χ0) is 14.0.